The zero-order chi connectivity index (χ0) is 18.5. The molecule has 1 aromatic carbocycles. The summed E-state index contributed by atoms with van der Waals surface area (Å²) in [6.07, 6.45) is 8.51. The Morgan fingerprint density at radius 1 is 1.15 bits per heavy atom. The van der Waals surface area contributed by atoms with Crippen LogP contribution in [-0.4, -0.2) is 34.8 Å². The number of phenols is 1. The Balaban J connectivity index is 2.11. The van der Waals surface area contributed by atoms with Gasteiger partial charge in [0, 0.05) is 19.5 Å². The van der Waals surface area contributed by atoms with Crippen molar-refractivity contribution in [3.63, 3.8) is 0 Å². The Morgan fingerprint density at radius 2 is 1.88 bits per heavy atom. The molecule has 0 unspecified atom stereocenters. The number of rotatable bonds is 2. The molecule has 0 aliphatic carbocycles. The van der Waals surface area contributed by atoms with Crippen LogP contribution in [-0.2, 0) is 0 Å². The fraction of sp³-hybridized carbons (Fsp3) is 0.364. The van der Waals surface area contributed by atoms with Gasteiger partial charge in [-0.15, -0.1) is 0 Å². The van der Waals surface area contributed by atoms with Crippen LogP contribution in [0.15, 0.2) is 69.8 Å². The number of benzene rings is 1. The summed E-state index contributed by atoms with van der Waals surface area (Å²) in [5.74, 6) is 1.80. The maximum atomic E-state index is 10.3. The quantitative estimate of drug-likeness (QED) is 0.831. The van der Waals surface area contributed by atoms with E-state index in [0.29, 0.717) is 11.4 Å². The summed E-state index contributed by atoms with van der Waals surface area (Å²) < 4.78 is 0. The molecule has 4 nitrogen and oxygen atoms in total. The molecular weight excluding hydrogens is 322 g/mol. The highest BCUT2D eigenvalue weighted by Crippen LogP contribution is 2.27. The molecule has 4 heteroatoms. The number of hydrogen-bond donors (Lipinski definition) is 1. The SMILES string of the molecule is C=C(C)/C=C1/N=C(c2ccccc2O)N=C(N2CCCCC2)CC1=CC. The third-order valence-electron chi connectivity index (χ3n) is 4.74. The first-order valence-electron chi connectivity index (χ1n) is 9.31. The van der Waals surface area contributed by atoms with Crippen LogP contribution in [0.3, 0.4) is 0 Å². The van der Waals surface area contributed by atoms with Crippen molar-refractivity contribution in [3.8, 4) is 5.75 Å². The molecule has 1 N–H and O–H groups in total. The van der Waals surface area contributed by atoms with E-state index in [2.05, 4.69) is 17.6 Å². The van der Waals surface area contributed by atoms with E-state index < -0.39 is 0 Å². The highest BCUT2D eigenvalue weighted by Gasteiger charge is 2.22. The minimum Gasteiger partial charge on any atom is -0.507 e. The van der Waals surface area contributed by atoms with Crippen molar-refractivity contribution in [3.05, 3.63) is 65.4 Å². The molecule has 0 bridgehead atoms. The summed E-state index contributed by atoms with van der Waals surface area (Å²) in [7, 11) is 0. The fourth-order valence-corrected chi connectivity index (χ4v) is 3.36. The lowest BCUT2D eigenvalue weighted by Crippen LogP contribution is -2.36. The second kappa shape index (κ2) is 8.17. The molecule has 0 radical (unpaired) electrons. The largest absolute Gasteiger partial charge is 0.507 e. The van der Waals surface area contributed by atoms with Gasteiger partial charge in [-0.2, -0.15) is 0 Å². The topological polar surface area (TPSA) is 48.2 Å². The van der Waals surface area contributed by atoms with Crippen LogP contribution in [0.2, 0.25) is 0 Å². The van der Waals surface area contributed by atoms with Gasteiger partial charge in [0.05, 0.1) is 11.3 Å². The first-order chi connectivity index (χ1) is 12.6. The summed E-state index contributed by atoms with van der Waals surface area (Å²) in [6.45, 7) is 10.1. The molecule has 2 aliphatic heterocycles. The van der Waals surface area contributed by atoms with E-state index in [1.807, 2.05) is 38.1 Å². The molecule has 0 saturated carbocycles. The van der Waals surface area contributed by atoms with Crippen molar-refractivity contribution < 1.29 is 5.11 Å². The molecule has 2 aliphatic rings. The Labute approximate surface area is 156 Å². The Morgan fingerprint density at radius 3 is 2.54 bits per heavy atom. The van der Waals surface area contributed by atoms with E-state index in [9.17, 15) is 5.11 Å². The lowest BCUT2D eigenvalue weighted by Gasteiger charge is -2.30. The van der Waals surface area contributed by atoms with Crippen molar-refractivity contribution >= 4 is 11.7 Å². The lowest BCUT2D eigenvalue weighted by atomic mass is 10.0. The monoisotopic (exact) mass is 349 g/mol. The molecule has 26 heavy (non-hydrogen) atoms. The minimum absolute atomic E-state index is 0.201. The number of nitrogens with zero attached hydrogens (tertiary/aromatic N) is 3. The first kappa shape index (κ1) is 18.2. The number of piperidine rings is 1. The van der Waals surface area contributed by atoms with Crippen molar-refractivity contribution in [2.24, 2.45) is 9.98 Å². The number of phenolic OH excluding ortho intramolecular Hbond substituents is 1. The Hall–Kier alpha value is -2.62. The average molecular weight is 349 g/mol. The van der Waals surface area contributed by atoms with E-state index in [-0.39, 0.29) is 5.75 Å². The lowest BCUT2D eigenvalue weighted by molar-refractivity contribution is 0.338. The molecule has 3 rings (SSSR count). The number of aliphatic imine (C=N–C) groups is 2. The summed E-state index contributed by atoms with van der Waals surface area (Å²) in [5, 5.41) is 10.3. The number of para-hydroxylation sites is 1. The zero-order valence-corrected chi connectivity index (χ0v) is 15.7. The van der Waals surface area contributed by atoms with Crippen molar-refractivity contribution in [1.82, 2.24) is 4.90 Å². The van der Waals surface area contributed by atoms with E-state index >= 15 is 0 Å². The predicted octanol–water partition coefficient (Wildman–Crippen LogP) is 4.83. The van der Waals surface area contributed by atoms with Crippen LogP contribution in [0.1, 0.15) is 45.1 Å². The second-order valence-electron chi connectivity index (χ2n) is 6.89. The molecule has 1 aromatic rings. The van der Waals surface area contributed by atoms with Gasteiger partial charge in [0.15, 0.2) is 5.84 Å². The van der Waals surface area contributed by atoms with Gasteiger partial charge in [-0.05, 0) is 56.9 Å². The molecule has 1 fully saturated rings. The second-order valence-corrected chi connectivity index (χ2v) is 6.89. The molecular formula is C22H27N3O. The summed E-state index contributed by atoms with van der Waals surface area (Å²) in [4.78, 5) is 12.1. The summed E-state index contributed by atoms with van der Waals surface area (Å²) in [6, 6.07) is 7.26. The molecule has 0 spiro atoms. The molecule has 2 heterocycles. The first-order valence-corrected chi connectivity index (χ1v) is 9.31. The van der Waals surface area contributed by atoms with E-state index in [1.54, 1.807) is 6.07 Å². The van der Waals surface area contributed by atoms with Gasteiger partial charge in [-0.25, -0.2) is 9.98 Å². The van der Waals surface area contributed by atoms with Crippen LogP contribution in [0.4, 0.5) is 0 Å². The third-order valence-corrected chi connectivity index (χ3v) is 4.74. The van der Waals surface area contributed by atoms with Crippen LogP contribution >= 0.6 is 0 Å². The maximum absolute atomic E-state index is 10.3. The molecule has 136 valence electrons. The molecule has 1 saturated heterocycles. The highest BCUT2D eigenvalue weighted by atomic mass is 16.3. The van der Waals surface area contributed by atoms with Gasteiger partial charge in [0.2, 0.25) is 0 Å². The Bertz CT molecular complexity index is 808. The van der Waals surface area contributed by atoms with Crippen molar-refractivity contribution in [2.75, 3.05) is 13.1 Å². The van der Waals surface area contributed by atoms with E-state index in [0.717, 1.165) is 42.2 Å². The molecule has 0 amide bonds. The summed E-state index contributed by atoms with van der Waals surface area (Å²) >= 11 is 0. The molecule has 0 aromatic heterocycles. The number of allylic oxidation sites excluding steroid dienone is 4. The third kappa shape index (κ3) is 4.13. The number of hydrogen-bond acceptors (Lipinski definition) is 4. The zero-order valence-electron chi connectivity index (χ0n) is 15.7. The van der Waals surface area contributed by atoms with Gasteiger partial charge in [0.1, 0.15) is 11.6 Å². The highest BCUT2D eigenvalue weighted by molar-refractivity contribution is 6.10. The number of amidine groups is 2. The summed E-state index contributed by atoms with van der Waals surface area (Å²) in [5.41, 5.74) is 3.62. The smallest absolute Gasteiger partial charge is 0.165 e. The Kier molecular flexibility index (Phi) is 5.71. The van der Waals surface area contributed by atoms with Gasteiger partial charge in [-0.3, -0.25) is 0 Å². The number of aromatic hydroxyl groups is 1. The number of likely N-dealkylation sites (tertiary alicyclic amines) is 1. The standard InChI is InChI=1S/C22H27N3O/c1-4-17-15-21(25-12-8-5-9-13-25)24-22(23-19(17)14-16(2)3)18-10-6-7-11-20(18)26/h4,6-7,10-11,14,26H,2,5,8-9,12-13,15H2,1,3H3/b17-4?,19-14+. The van der Waals surface area contributed by atoms with E-state index in [4.69, 9.17) is 9.98 Å². The van der Waals surface area contributed by atoms with Gasteiger partial charge in [0.25, 0.3) is 0 Å². The minimum atomic E-state index is 0.201. The normalized spacial score (nSPS) is 21.4. The van der Waals surface area contributed by atoms with Crippen LogP contribution in [0.5, 0.6) is 5.75 Å². The van der Waals surface area contributed by atoms with Crippen molar-refractivity contribution in [2.45, 2.75) is 39.5 Å². The maximum Gasteiger partial charge on any atom is 0.165 e. The molecule has 0 atom stereocenters. The van der Waals surface area contributed by atoms with Gasteiger partial charge >= 0.3 is 0 Å². The fourth-order valence-electron chi connectivity index (χ4n) is 3.36. The van der Waals surface area contributed by atoms with Gasteiger partial charge in [-0.1, -0.05) is 30.4 Å². The van der Waals surface area contributed by atoms with E-state index in [1.165, 1.54) is 19.3 Å². The van der Waals surface area contributed by atoms with Crippen LogP contribution < -0.4 is 0 Å². The van der Waals surface area contributed by atoms with Gasteiger partial charge < -0.3 is 10.0 Å². The predicted molar refractivity (Wildman–Crippen MR) is 109 cm³/mol. The van der Waals surface area contributed by atoms with Crippen LogP contribution in [0.25, 0.3) is 0 Å². The van der Waals surface area contributed by atoms with Crippen molar-refractivity contribution in [1.29, 1.82) is 0 Å². The average Bonchev–Trinajstić information content (AvgIpc) is 2.82. The van der Waals surface area contributed by atoms with Crippen LogP contribution in [0, 0.1) is 0 Å².